The molecule has 0 aromatic heterocycles. The van der Waals surface area contributed by atoms with Crippen LogP contribution in [0.1, 0.15) is 36.6 Å². The molecule has 3 N–H and O–H groups in total. The van der Waals surface area contributed by atoms with E-state index in [9.17, 15) is 9.18 Å². The normalized spacial score (nSPS) is 18.9. The first-order valence-electron chi connectivity index (χ1n) is 6.50. The molecule has 1 aliphatic heterocycles. The lowest BCUT2D eigenvalue weighted by atomic mass is 9.95. The summed E-state index contributed by atoms with van der Waals surface area (Å²) < 4.78 is 24.5. The smallest absolute Gasteiger partial charge is 0.217 e. The predicted molar refractivity (Wildman–Crippen MR) is 71.9 cm³/mol. The Bertz CT molecular complexity index is 507. The monoisotopic (exact) mass is 282 g/mol. The Hall–Kier alpha value is -1.66. The fourth-order valence-corrected chi connectivity index (χ4v) is 2.37. The topological polar surface area (TPSA) is 73.6 Å². The van der Waals surface area contributed by atoms with Crippen molar-refractivity contribution in [3.63, 3.8) is 0 Å². The van der Waals surface area contributed by atoms with Crippen LogP contribution in [0.4, 0.5) is 4.39 Å². The summed E-state index contributed by atoms with van der Waals surface area (Å²) in [4.78, 5) is 11.2. The Morgan fingerprint density at radius 1 is 1.65 bits per heavy atom. The zero-order valence-corrected chi connectivity index (χ0v) is 11.6. The third-order valence-electron chi connectivity index (χ3n) is 3.27. The summed E-state index contributed by atoms with van der Waals surface area (Å²) in [6.07, 6.45) is 0.606. The third-order valence-corrected chi connectivity index (χ3v) is 3.27. The van der Waals surface area contributed by atoms with Gasteiger partial charge >= 0.3 is 0 Å². The van der Waals surface area contributed by atoms with E-state index in [1.165, 1.54) is 20.1 Å². The van der Waals surface area contributed by atoms with Crippen molar-refractivity contribution < 1.29 is 18.7 Å². The first kappa shape index (κ1) is 14.7. The molecule has 0 saturated carbocycles. The van der Waals surface area contributed by atoms with Gasteiger partial charge in [-0.1, -0.05) is 0 Å². The Kier molecular flexibility index (Phi) is 4.57. The molecular formula is C14H19FN2O3. The van der Waals surface area contributed by atoms with Gasteiger partial charge < -0.3 is 20.5 Å². The molecule has 0 spiro atoms. The maximum atomic E-state index is 14.1. The molecule has 0 saturated heterocycles. The maximum Gasteiger partial charge on any atom is 0.217 e. The number of nitrogens with two attached hydrogens (primary N) is 1. The van der Waals surface area contributed by atoms with E-state index in [0.717, 1.165) is 0 Å². The van der Waals surface area contributed by atoms with Crippen LogP contribution in [0.2, 0.25) is 0 Å². The molecule has 20 heavy (non-hydrogen) atoms. The van der Waals surface area contributed by atoms with Gasteiger partial charge in [-0.15, -0.1) is 0 Å². The minimum absolute atomic E-state index is 0.158. The molecule has 0 fully saturated rings. The van der Waals surface area contributed by atoms with Crippen LogP contribution in [-0.2, 0) is 9.53 Å². The fourth-order valence-electron chi connectivity index (χ4n) is 2.37. The van der Waals surface area contributed by atoms with E-state index >= 15 is 0 Å². The molecule has 1 aromatic carbocycles. The number of carbonyl (C=O) groups excluding carboxylic acids is 1. The van der Waals surface area contributed by atoms with Crippen molar-refractivity contribution in [3.8, 4) is 5.75 Å². The van der Waals surface area contributed by atoms with Crippen molar-refractivity contribution in [1.82, 2.24) is 5.32 Å². The van der Waals surface area contributed by atoms with Gasteiger partial charge in [-0.25, -0.2) is 4.39 Å². The van der Waals surface area contributed by atoms with Crippen LogP contribution in [0.5, 0.6) is 5.75 Å². The zero-order chi connectivity index (χ0) is 14.7. The summed E-state index contributed by atoms with van der Waals surface area (Å²) in [5.74, 6) is -0.419. The minimum atomic E-state index is -0.459. The zero-order valence-electron chi connectivity index (χ0n) is 11.6. The molecule has 2 atom stereocenters. The molecular weight excluding hydrogens is 263 g/mol. The van der Waals surface area contributed by atoms with Crippen LogP contribution in [0.15, 0.2) is 12.1 Å². The van der Waals surface area contributed by atoms with Crippen molar-refractivity contribution in [3.05, 3.63) is 29.1 Å². The largest absolute Gasteiger partial charge is 0.490 e. The third kappa shape index (κ3) is 3.08. The molecule has 110 valence electrons. The Labute approximate surface area is 117 Å². The summed E-state index contributed by atoms with van der Waals surface area (Å²) in [7, 11) is 1.54. The fraction of sp³-hybridized carbons (Fsp3) is 0.500. The Balaban J connectivity index is 2.37. The molecule has 0 aliphatic carbocycles. The summed E-state index contributed by atoms with van der Waals surface area (Å²) in [6, 6.07) is 2.47. The van der Waals surface area contributed by atoms with Gasteiger partial charge in [0.2, 0.25) is 5.91 Å². The summed E-state index contributed by atoms with van der Waals surface area (Å²) in [5, 5.41) is 2.81. The van der Waals surface area contributed by atoms with Crippen LogP contribution >= 0.6 is 0 Å². The molecule has 5 nitrogen and oxygen atoms in total. The number of ether oxygens (including phenoxy) is 2. The van der Waals surface area contributed by atoms with Crippen molar-refractivity contribution >= 4 is 5.91 Å². The van der Waals surface area contributed by atoms with E-state index in [1.807, 2.05) is 0 Å². The number of carbonyl (C=O) groups is 1. The van der Waals surface area contributed by atoms with Gasteiger partial charge in [-0.05, 0) is 17.7 Å². The van der Waals surface area contributed by atoms with Crippen LogP contribution in [0, 0.1) is 5.82 Å². The standard InChI is InChI=1S/C14H19FN2O3/c1-8(18)17-13-3-4-20-14-10(13)5-9(6-11(14)15)12(16)7-19-2/h5-6,12-13H,3-4,7,16H2,1-2H3,(H,17,18). The molecule has 6 heteroatoms. The number of amides is 1. The molecule has 1 heterocycles. The number of benzene rings is 1. The van der Waals surface area contributed by atoms with Gasteiger partial charge in [0, 0.05) is 26.0 Å². The summed E-state index contributed by atoms with van der Waals surface area (Å²) in [5.41, 5.74) is 7.20. The lowest BCUT2D eigenvalue weighted by molar-refractivity contribution is -0.119. The van der Waals surface area contributed by atoms with Gasteiger partial charge in [0.25, 0.3) is 0 Å². The summed E-state index contributed by atoms with van der Waals surface area (Å²) >= 11 is 0. The average molecular weight is 282 g/mol. The van der Waals surface area contributed by atoms with Gasteiger partial charge in [0.1, 0.15) is 0 Å². The number of nitrogens with one attached hydrogen (secondary N) is 1. The highest BCUT2D eigenvalue weighted by molar-refractivity contribution is 5.73. The number of hydrogen-bond acceptors (Lipinski definition) is 4. The number of methoxy groups -OCH3 is 1. The van der Waals surface area contributed by atoms with Crippen LogP contribution in [-0.4, -0.2) is 26.2 Å². The van der Waals surface area contributed by atoms with Crippen LogP contribution in [0.25, 0.3) is 0 Å². The molecule has 0 bridgehead atoms. The second kappa shape index (κ2) is 6.19. The summed E-state index contributed by atoms with van der Waals surface area (Å²) in [6.45, 7) is 2.11. The molecule has 1 aromatic rings. The highest BCUT2D eigenvalue weighted by Crippen LogP contribution is 2.36. The lowest BCUT2D eigenvalue weighted by Crippen LogP contribution is -2.31. The molecule has 2 rings (SSSR count). The van der Waals surface area contributed by atoms with E-state index in [1.54, 1.807) is 6.07 Å². The maximum absolute atomic E-state index is 14.1. The van der Waals surface area contributed by atoms with E-state index in [4.69, 9.17) is 15.2 Å². The van der Waals surface area contributed by atoms with Gasteiger partial charge in [0.15, 0.2) is 11.6 Å². The first-order valence-corrected chi connectivity index (χ1v) is 6.50. The second-order valence-corrected chi connectivity index (χ2v) is 4.87. The molecule has 0 radical (unpaired) electrons. The van der Waals surface area contributed by atoms with E-state index in [0.29, 0.717) is 30.8 Å². The first-order chi connectivity index (χ1) is 9.52. The van der Waals surface area contributed by atoms with E-state index in [-0.39, 0.29) is 17.7 Å². The number of fused-ring (bicyclic) bond motifs is 1. The van der Waals surface area contributed by atoms with Crippen molar-refractivity contribution in [1.29, 1.82) is 0 Å². The van der Waals surface area contributed by atoms with Gasteiger partial charge in [0.05, 0.1) is 25.3 Å². The number of rotatable bonds is 4. The highest BCUT2D eigenvalue weighted by atomic mass is 19.1. The molecule has 2 unspecified atom stereocenters. The number of halogens is 1. The van der Waals surface area contributed by atoms with Crippen molar-refractivity contribution in [2.45, 2.75) is 25.4 Å². The molecule has 1 amide bonds. The van der Waals surface area contributed by atoms with Gasteiger partial charge in [-0.3, -0.25) is 4.79 Å². The Morgan fingerprint density at radius 2 is 2.40 bits per heavy atom. The van der Waals surface area contributed by atoms with E-state index < -0.39 is 11.9 Å². The van der Waals surface area contributed by atoms with Crippen LogP contribution < -0.4 is 15.8 Å². The van der Waals surface area contributed by atoms with Crippen molar-refractivity contribution in [2.75, 3.05) is 20.3 Å². The van der Waals surface area contributed by atoms with Crippen molar-refractivity contribution in [2.24, 2.45) is 5.73 Å². The van der Waals surface area contributed by atoms with Gasteiger partial charge in [-0.2, -0.15) is 0 Å². The molecule has 1 aliphatic rings. The number of hydrogen-bond donors (Lipinski definition) is 2. The lowest BCUT2D eigenvalue weighted by Gasteiger charge is -2.28. The quantitative estimate of drug-likeness (QED) is 0.876. The second-order valence-electron chi connectivity index (χ2n) is 4.87. The predicted octanol–water partition coefficient (Wildman–Crippen LogP) is 1.43. The van der Waals surface area contributed by atoms with E-state index in [2.05, 4.69) is 5.32 Å². The Morgan fingerprint density at radius 3 is 3.05 bits per heavy atom. The highest BCUT2D eigenvalue weighted by Gasteiger charge is 2.26. The SMILES string of the molecule is COCC(N)c1cc(F)c2c(c1)C(NC(C)=O)CCO2. The average Bonchev–Trinajstić information content (AvgIpc) is 2.39. The minimum Gasteiger partial charge on any atom is -0.490 e. The van der Waals surface area contributed by atoms with Crippen LogP contribution in [0.3, 0.4) is 0 Å².